The van der Waals surface area contributed by atoms with E-state index in [4.69, 9.17) is 18.9 Å². The molecule has 6 heteroatoms. The van der Waals surface area contributed by atoms with E-state index in [-0.39, 0.29) is 17.9 Å². The Balaban J connectivity index is 1.79. The molecule has 0 radical (unpaired) electrons. The van der Waals surface area contributed by atoms with E-state index in [0.717, 1.165) is 28.7 Å². The molecule has 0 bridgehead atoms. The van der Waals surface area contributed by atoms with E-state index in [2.05, 4.69) is 0 Å². The van der Waals surface area contributed by atoms with Gasteiger partial charge in [-0.15, -0.1) is 0 Å². The zero-order valence-electron chi connectivity index (χ0n) is 17.7. The number of ether oxygens (including phenoxy) is 4. The van der Waals surface area contributed by atoms with Crippen LogP contribution in [-0.2, 0) is 16.0 Å². The summed E-state index contributed by atoms with van der Waals surface area (Å²) in [6.45, 7) is 3.63. The van der Waals surface area contributed by atoms with Crippen molar-refractivity contribution in [2.24, 2.45) is 0 Å². The van der Waals surface area contributed by atoms with Gasteiger partial charge >= 0.3 is 5.97 Å². The summed E-state index contributed by atoms with van der Waals surface area (Å²) in [6.07, 6.45) is 2.21. The highest BCUT2D eigenvalue weighted by Gasteiger charge is 2.55. The van der Waals surface area contributed by atoms with Crippen molar-refractivity contribution < 1.29 is 28.5 Å². The Kier molecular flexibility index (Phi) is 5.18. The number of carbonyl (C=O) groups is 2. The van der Waals surface area contributed by atoms with Gasteiger partial charge in [0.1, 0.15) is 0 Å². The summed E-state index contributed by atoms with van der Waals surface area (Å²) in [7, 11) is 3.10. The zero-order valence-corrected chi connectivity index (χ0v) is 17.7. The summed E-state index contributed by atoms with van der Waals surface area (Å²) in [5.74, 6) is 1.19. The Morgan fingerprint density at radius 1 is 0.967 bits per heavy atom. The molecule has 30 heavy (non-hydrogen) atoms. The summed E-state index contributed by atoms with van der Waals surface area (Å²) in [5, 5.41) is 0. The molecule has 0 unspecified atom stereocenters. The van der Waals surface area contributed by atoms with Gasteiger partial charge in [0, 0.05) is 30.4 Å². The SMILES string of the molecule is COc1ccc(-c2ccc3c(c2)CCC3=O)c(OC2(C(=O)OC(C)C)CC2)c1OC. The van der Waals surface area contributed by atoms with Crippen LogP contribution in [0.1, 0.15) is 49.0 Å². The van der Waals surface area contributed by atoms with Crippen molar-refractivity contribution in [2.45, 2.75) is 51.2 Å². The van der Waals surface area contributed by atoms with E-state index in [1.807, 2.05) is 44.2 Å². The minimum Gasteiger partial charge on any atom is -0.493 e. The molecule has 2 aliphatic carbocycles. The maximum absolute atomic E-state index is 12.7. The van der Waals surface area contributed by atoms with Crippen LogP contribution in [0, 0.1) is 0 Å². The number of rotatable bonds is 7. The molecule has 6 nitrogen and oxygen atoms in total. The third-order valence-corrected chi connectivity index (χ3v) is 5.55. The highest BCUT2D eigenvalue weighted by atomic mass is 16.6. The van der Waals surface area contributed by atoms with Crippen molar-refractivity contribution in [1.82, 2.24) is 0 Å². The Hall–Kier alpha value is -3.02. The van der Waals surface area contributed by atoms with Crippen molar-refractivity contribution >= 4 is 11.8 Å². The highest BCUT2D eigenvalue weighted by molar-refractivity contribution is 6.01. The molecule has 0 atom stereocenters. The minimum atomic E-state index is -1.01. The second kappa shape index (κ2) is 7.67. The standard InChI is InChI=1S/C24H26O6/c1-14(2)29-23(26)24(11-12-24)30-21-18(8-10-20(27-3)22(21)28-4)16-5-7-17-15(13-16)6-9-19(17)25/h5,7-8,10,13-14H,6,9,11-12H2,1-4H3. The van der Waals surface area contributed by atoms with Crippen LogP contribution in [0.4, 0.5) is 0 Å². The Morgan fingerprint density at radius 2 is 1.70 bits per heavy atom. The fourth-order valence-corrected chi connectivity index (χ4v) is 3.83. The molecule has 4 rings (SSSR count). The van der Waals surface area contributed by atoms with Gasteiger partial charge in [-0.1, -0.05) is 18.2 Å². The van der Waals surface area contributed by atoms with Crippen molar-refractivity contribution in [3.05, 3.63) is 41.5 Å². The lowest BCUT2D eigenvalue weighted by atomic mass is 9.99. The summed E-state index contributed by atoms with van der Waals surface area (Å²) < 4.78 is 22.8. The van der Waals surface area contributed by atoms with Gasteiger partial charge in [-0.05, 0) is 43.5 Å². The smallest absolute Gasteiger partial charge is 0.350 e. The number of esters is 1. The van der Waals surface area contributed by atoms with Crippen LogP contribution < -0.4 is 14.2 Å². The first-order valence-corrected chi connectivity index (χ1v) is 10.2. The number of benzene rings is 2. The average Bonchev–Trinajstić information content (AvgIpc) is 3.43. The number of ketones is 1. The predicted octanol–water partition coefficient (Wildman–Crippen LogP) is 4.36. The topological polar surface area (TPSA) is 71.1 Å². The predicted molar refractivity (Wildman–Crippen MR) is 111 cm³/mol. The molecule has 0 heterocycles. The third kappa shape index (κ3) is 3.51. The number of Topliss-reactive ketones (excluding diaryl/α,β-unsaturated/α-hetero) is 1. The summed E-state index contributed by atoms with van der Waals surface area (Å²) in [6, 6.07) is 9.48. The van der Waals surface area contributed by atoms with Gasteiger partial charge in [0.15, 0.2) is 17.3 Å². The maximum atomic E-state index is 12.7. The fourth-order valence-electron chi connectivity index (χ4n) is 3.83. The molecule has 2 aromatic carbocycles. The van der Waals surface area contributed by atoms with Crippen LogP contribution in [-0.4, -0.2) is 37.7 Å². The Bertz CT molecular complexity index is 1000. The van der Waals surface area contributed by atoms with Gasteiger partial charge in [0.25, 0.3) is 0 Å². The Morgan fingerprint density at radius 3 is 2.33 bits per heavy atom. The van der Waals surface area contributed by atoms with Gasteiger partial charge in [-0.3, -0.25) is 4.79 Å². The van der Waals surface area contributed by atoms with Crippen LogP contribution in [0.25, 0.3) is 11.1 Å². The van der Waals surface area contributed by atoms with Gasteiger partial charge in [0.2, 0.25) is 11.4 Å². The summed E-state index contributed by atoms with van der Waals surface area (Å²) in [4.78, 5) is 24.7. The van der Waals surface area contributed by atoms with Crippen LogP contribution in [0.5, 0.6) is 17.2 Å². The van der Waals surface area contributed by atoms with Crippen LogP contribution in [0.2, 0.25) is 0 Å². The monoisotopic (exact) mass is 410 g/mol. The molecular formula is C24H26O6. The fraction of sp³-hybridized carbons (Fsp3) is 0.417. The number of hydrogen-bond acceptors (Lipinski definition) is 6. The van der Waals surface area contributed by atoms with Crippen molar-refractivity contribution in [2.75, 3.05) is 14.2 Å². The number of fused-ring (bicyclic) bond motifs is 1. The number of hydrogen-bond donors (Lipinski definition) is 0. The molecule has 0 spiro atoms. The average molecular weight is 410 g/mol. The largest absolute Gasteiger partial charge is 0.493 e. The van der Waals surface area contributed by atoms with E-state index in [1.54, 1.807) is 14.2 Å². The van der Waals surface area contributed by atoms with Gasteiger partial charge in [-0.25, -0.2) is 4.79 Å². The molecule has 2 aliphatic rings. The number of aryl methyl sites for hydroxylation is 1. The quantitative estimate of drug-likeness (QED) is 0.632. The van der Waals surface area contributed by atoms with Gasteiger partial charge in [0.05, 0.1) is 20.3 Å². The molecule has 2 aromatic rings. The van der Waals surface area contributed by atoms with Crippen molar-refractivity contribution in [3.63, 3.8) is 0 Å². The molecule has 158 valence electrons. The van der Waals surface area contributed by atoms with Crippen LogP contribution in [0.3, 0.4) is 0 Å². The summed E-state index contributed by atoms with van der Waals surface area (Å²) >= 11 is 0. The lowest BCUT2D eigenvalue weighted by Gasteiger charge is -2.23. The molecule has 0 aliphatic heterocycles. The zero-order chi connectivity index (χ0) is 21.5. The van der Waals surface area contributed by atoms with Gasteiger partial charge in [-0.2, -0.15) is 0 Å². The second-order valence-electron chi connectivity index (χ2n) is 8.02. The Labute approximate surface area is 176 Å². The number of carbonyl (C=O) groups excluding carboxylic acids is 2. The lowest BCUT2D eigenvalue weighted by molar-refractivity contribution is -0.158. The molecule has 1 fully saturated rings. The first kappa shape index (κ1) is 20.3. The molecule has 1 saturated carbocycles. The van der Waals surface area contributed by atoms with E-state index < -0.39 is 5.60 Å². The van der Waals surface area contributed by atoms with Crippen molar-refractivity contribution in [1.29, 1.82) is 0 Å². The van der Waals surface area contributed by atoms with E-state index in [1.165, 1.54) is 0 Å². The molecule has 0 aromatic heterocycles. The van der Waals surface area contributed by atoms with E-state index in [9.17, 15) is 9.59 Å². The lowest BCUT2D eigenvalue weighted by Crippen LogP contribution is -2.33. The molecular weight excluding hydrogens is 384 g/mol. The van der Waals surface area contributed by atoms with Crippen LogP contribution >= 0.6 is 0 Å². The van der Waals surface area contributed by atoms with Crippen LogP contribution in [0.15, 0.2) is 30.3 Å². The minimum absolute atomic E-state index is 0.175. The van der Waals surface area contributed by atoms with Crippen molar-refractivity contribution in [3.8, 4) is 28.4 Å². The molecule has 0 N–H and O–H groups in total. The highest BCUT2D eigenvalue weighted by Crippen LogP contribution is 2.51. The first-order valence-electron chi connectivity index (χ1n) is 10.2. The van der Waals surface area contributed by atoms with E-state index >= 15 is 0 Å². The number of methoxy groups -OCH3 is 2. The molecule has 0 saturated heterocycles. The maximum Gasteiger partial charge on any atom is 0.350 e. The second-order valence-corrected chi connectivity index (χ2v) is 8.02. The van der Waals surface area contributed by atoms with Gasteiger partial charge < -0.3 is 18.9 Å². The first-order chi connectivity index (χ1) is 14.4. The van der Waals surface area contributed by atoms with E-state index in [0.29, 0.717) is 36.5 Å². The molecule has 0 amide bonds. The summed E-state index contributed by atoms with van der Waals surface area (Å²) in [5.41, 5.74) is 2.47. The third-order valence-electron chi connectivity index (χ3n) is 5.55. The normalized spacial score (nSPS) is 16.2.